The van der Waals surface area contributed by atoms with E-state index in [-0.39, 0.29) is 11.8 Å². The number of esters is 1. The topological polar surface area (TPSA) is 100 Å². The van der Waals surface area contributed by atoms with Crippen LogP contribution in [0.15, 0.2) is 23.8 Å². The van der Waals surface area contributed by atoms with Crippen molar-refractivity contribution in [1.82, 2.24) is 5.09 Å². The third-order valence-electron chi connectivity index (χ3n) is 7.66. The molecule has 3 rings (SSSR count). The Kier molecular flexibility index (Phi) is 10.5. The number of benzene rings is 1. The Balaban J connectivity index is 2.17. The number of aryl methyl sites for hydroxylation is 1. The van der Waals surface area contributed by atoms with Gasteiger partial charge in [-0.3, -0.25) is 4.79 Å². The molecule has 9 heteroatoms. The van der Waals surface area contributed by atoms with Crippen LogP contribution in [0.3, 0.4) is 0 Å². The maximum atomic E-state index is 14.6. The fourth-order valence-electron chi connectivity index (χ4n) is 5.65. The molecule has 2 aliphatic rings. The van der Waals surface area contributed by atoms with E-state index < -0.39 is 42.5 Å². The van der Waals surface area contributed by atoms with Gasteiger partial charge < -0.3 is 18.7 Å². The number of allylic oxidation sites excluding steroid dienone is 2. The fraction of sp³-hybridized carbons (Fsp3) is 0.688. The molecule has 1 aliphatic heterocycles. The predicted molar refractivity (Wildman–Crippen MR) is 162 cm³/mol. The van der Waals surface area contributed by atoms with Crippen molar-refractivity contribution in [3.63, 3.8) is 0 Å². The second-order valence-electron chi connectivity index (χ2n) is 13.1. The number of ether oxygens (including phenoxy) is 3. The second kappa shape index (κ2) is 12.9. The Labute approximate surface area is 246 Å². The summed E-state index contributed by atoms with van der Waals surface area (Å²) in [7, 11) is -4.49. The van der Waals surface area contributed by atoms with Gasteiger partial charge in [0, 0.05) is 17.4 Å². The van der Waals surface area contributed by atoms with Crippen molar-refractivity contribution in [3.05, 3.63) is 34.9 Å². The number of carbonyl (C=O) groups excluding carboxylic acids is 2. The Bertz CT molecular complexity index is 1200. The first-order valence-corrected chi connectivity index (χ1v) is 16.7. The number of carbonyl (C=O) groups is 2. The summed E-state index contributed by atoms with van der Waals surface area (Å²) in [6, 6.07) is 3.93. The number of rotatable bonds is 12. The van der Waals surface area contributed by atoms with Crippen LogP contribution >= 0.6 is 7.52 Å². The van der Waals surface area contributed by atoms with E-state index in [2.05, 4.69) is 44.9 Å². The summed E-state index contributed by atoms with van der Waals surface area (Å²) in [4.78, 5) is 26.4. The summed E-state index contributed by atoms with van der Waals surface area (Å²) in [6.07, 6.45) is 7.13. The van der Waals surface area contributed by atoms with E-state index in [0.717, 1.165) is 49.7 Å². The first-order valence-electron chi connectivity index (χ1n) is 15.0. The molecule has 0 saturated heterocycles. The van der Waals surface area contributed by atoms with Gasteiger partial charge in [0.05, 0.1) is 12.2 Å². The molecule has 0 radical (unpaired) electrons. The molecule has 8 nitrogen and oxygen atoms in total. The first kappa shape index (κ1) is 33.2. The van der Waals surface area contributed by atoms with Gasteiger partial charge >= 0.3 is 19.2 Å². The average Bonchev–Trinajstić information content (AvgIpc) is 2.82. The van der Waals surface area contributed by atoms with Gasteiger partial charge in [-0.15, -0.1) is 0 Å². The summed E-state index contributed by atoms with van der Waals surface area (Å²) in [5.74, 6) is 0.457. The van der Waals surface area contributed by atoms with E-state index in [1.54, 1.807) is 27.7 Å². The lowest BCUT2D eigenvalue weighted by Crippen LogP contribution is -2.48. The van der Waals surface area contributed by atoms with Crippen LogP contribution in [0.4, 0.5) is 4.79 Å². The Morgan fingerprint density at radius 3 is 2.39 bits per heavy atom. The zero-order valence-corrected chi connectivity index (χ0v) is 27.5. The number of hydrogen-bond donors (Lipinski definition) is 1. The molecular formula is C32H50NO7P. The van der Waals surface area contributed by atoms with Crippen LogP contribution in [0, 0.1) is 5.92 Å². The van der Waals surface area contributed by atoms with Gasteiger partial charge in [0.25, 0.3) is 0 Å². The largest absolute Gasteiger partial charge is 0.487 e. The van der Waals surface area contributed by atoms with Crippen molar-refractivity contribution >= 4 is 19.2 Å². The van der Waals surface area contributed by atoms with Crippen LogP contribution < -0.4 is 14.3 Å². The minimum absolute atomic E-state index is 0.0457. The zero-order valence-electron chi connectivity index (χ0n) is 26.6. The lowest BCUT2D eigenvalue weighted by molar-refractivity contribution is -0.153. The number of hydrogen-bond acceptors (Lipinski definition) is 7. The molecule has 0 aromatic heterocycles. The molecule has 0 saturated carbocycles. The Morgan fingerprint density at radius 1 is 1.12 bits per heavy atom. The van der Waals surface area contributed by atoms with E-state index in [4.69, 9.17) is 18.7 Å². The first-order chi connectivity index (χ1) is 19.0. The maximum Gasteiger partial charge on any atom is 0.424 e. The molecule has 0 spiro atoms. The van der Waals surface area contributed by atoms with Gasteiger partial charge in [-0.25, -0.2) is 14.4 Å². The normalized spacial score (nSPS) is 21.2. The van der Waals surface area contributed by atoms with E-state index in [0.29, 0.717) is 11.5 Å². The Morgan fingerprint density at radius 2 is 1.78 bits per heavy atom. The highest BCUT2D eigenvalue weighted by molar-refractivity contribution is 7.74. The van der Waals surface area contributed by atoms with Crippen molar-refractivity contribution < 1.29 is 32.9 Å². The minimum atomic E-state index is -4.49. The van der Waals surface area contributed by atoms with E-state index >= 15 is 0 Å². The van der Waals surface area contributed by atoms with E-state index in [9.17, 15) is 14.2 Å². The molecule has 1 aromatic carbocycles. The second-order valence-corrected chi connectivity index (χ2v) is 15.0. The highest BCUT2D eigenvalue weighted by Crippen LogP contribution is 2.57. The monoisotopic (exact) mass is 591 g/mol. The van der Waals surface area contributed by atoms with E-state index in [1.165, 1.54) is 19.4 Å². The van der Waals surface area contributed by atoms with Gasteiger partial charge in [0.1, 0.15) is 22.6 Å². The SMILES string of the molecule is CCCCCc1cc2c(c(OP(=O)(NC(C)(C)C(=O)OC(C)C)C(=O)OC(C)C)c1)[C@@H]1C=C(C)CC[C@H]1C(C)(C)O2. The molecule has 1 aliphatic carbocycles. The Hall–Kier alpha value is -2.31. The molecule has 41 heavy (non-hydrogen) atoms. The van der Waals surface area contributed by atoms with Gasteiger partial charge in [-0.05, 0) is 106 Å². The number of unbranched alkanes of at least 4 members (excludes halogenated alkanes) is 2. The molecule has 0 bridgehead atoms. The molecule has 1 aromatic rings. The third-order valence-corrected chi connectivity index (χ3v) is 9.56. The third kappa shape index (κ3) is 7.95. The average molecular weight is 592 g/mol. The van der Waals surface area contributed by atoms with Crippen molar-refractivity contribution in [2.75, 3.05) is 0 Å². The van der Waals surface area contributed by atoms with Crippen LogP contribution in [0.25, 0.3) is 0 Å². The fourth-order valence-corrected chi connectivity index (χ4v) is 7.47. The van der Waals surface area contributed by atoms with Gasteiger partial charge in [0.2, 0.25) is 0 Å². The van der Waals surface area contributed by atoms with Crippen LogP contribution in [-0.4, -0.2) is 35.0 Å². The molecule has 1 N–H and O–H groups in total. The summed E-state index contributed by atoms with van der Waals surface area (Å²) in [5.41, 5.74) is 0.0412. The van der Waals surface area contributed by atoms with Crippen LogP contribution in [0.2, 0.25) is 0 Å². The molecule has 1 heterocycles. The highest BCUT2D eigenvalue weighted by Gasteiger charge is 2.49. The standard InChI is InChI=1S/C32H50NO7P/c1-11-12-13-14-23-18-26-28(24-17-22(6)15-16-25(24)32(9,10)39-26)27(19-23)40-41(36,30(35)38-21(4)5)33-31(7,8)29(34)37-20(2)3/h17-21,24-25H,11-16H2,1-10H3,(H,33,36)/t24-,25-,41?/m1/s1. The lowest BCUT2D eigenvalue weighted by Gasteiger charge is -2.47. The summed E-state index contributed by atoms with van der Waals surface area (Å²) >= 11 is 0. The van der Waals surface area contributed by atoms with Crippen molar-refractivity contribution in [3.8, 4) is 11.5 Å². The molecule has 230 valence electrons. The molecular weight excluding hydrogens is 541 g/mol. The van der Waals surface area contributed by atoms with Gasteiger partial charge in [-0.1, -0.05) is 31.4 Å². The maximum absolute atomic E-state index is 14.6. The summed E-state index contributed by atoms with van der Waals surface area (Å²) < 4.78 is 38.3. The smallest absolute Gasteiger partial charge is 0.424 e. The summed E-state index contributed by atoms with van der Waals surface area (Å²) in [5, 5.41) is 2.73. The van der Waals surface area contributed by atoms with Crippen molar-refractivity contribution in [2.24, 2.45) is 5.92 Å². The minimum Gasteiger partial charge on any atom is -0.487 e. The van der Waals surface area contributed by atoms with E-state index in [1.807, 2.05) is 6.07 Å². The van der Waals surface area contributed by atoms with Gasteiger partial charge in [0.15, 0.2) is 0 Å². The number of fused-ring (bicyclic) bond motifs is 3. The lowest BCUT2D eigenvalue weighted by atomic mass is 9.68. The van der Waals surface area contributed by atoms with Crippen LogP contribution in [0.1, 0.15) is 118 Å². The molecule has 3 atom stereocenters. The predicted octanol–water partition coefficient (Wildman–Crippen LogP) is 8.47. The van der Waals surface area contributed by atoms with Crippen LogP contribution in [-0.2, 0) is 25.3 Å². The molecule has 1 unspecified atom stereocenters. The highest BCUT2D eigenvalue weighted by atomic mass is 31.2. The molecule has 0 fully saturated rings. The number of nitrogens with one attached hydrogen (secondary N) is 1. The quantitative estimate of drug-likeness (QED) is 0.112. The van der Waals surface area contributed by atoms with Crippen LogP contribution in [0.5, 0.6) is 11.5 Å². The summed E-state index contributed by atoms with van der Waals surface area (Å²) in [6.45, 7) is 18.3. The van der Waals surface area contributed by atoms with Crippen molar-refractivity contribution in [1.29, 1.82) is 0 Å². The molecule has 0 amide bonds. The zero-order chi connectivity index (χ0) is 30.8. The van der Waals surface area contributed by atoms with Gasteiger partial charge in [-0.2, -0.15) is 0 Å². The van der Waals surface area contributed by atoms with Crippen molar-refractivity contribution in [2.45, 2.75) is 137 Å².